The SMILES string of the molecule is CC(O)C(=O)[O-].CC(O)C(=O)[O-].CC(O)C(=O)[O-].CC(O)C(=O)[O-].CC(O)C(=O)[O-].CC(O)C(=O)[O-].CC(O)C(=O)[O-].Oc1ccccc1O.[K+].[K+].[Na+].[Ti+4]. The maximum atomic E-state index is 9.34. The molecule has 1 aromatic rings. The van der Waals surface area contributed by atoms with Gasteiger partial charge in [-0.15, -0.1) is 0 Å². The van der Waals surface area contributed by atoms with Crippen molar-refractivity contribution in [2.45, 2.75) is 91.2 Å². The summed E-state index contributed by atoms with van der Waals surface area (Å²) in [5, 5.41) is 138. The van der Waals surface area contributed by atoms with Crippen LogP contribution in [0.3, 0.4) is 0 Å². The number of aliphatic hydroxyl groups is 7. The molecule has 54 heavy (non-hydrogen) atoms. The Hall–Kier alpha value is -0.183. The van der Waals surface area contributed by atoms with Crippen LogP contribution >= 0.6 is 0 Å². The van der Waals surface area contributed by atoms with Crippen molar-refractivity contribution >= 4 is 41.8 Å². The molecule has 1 rings (SSSR count). The van der Waals surface area contributed by atoms with Crippen LogP contribution < -0.4 is 168 Å². The summed E-state index contributed by atoms with van der Waals surface area (Å²) < 4.78 is 0. The van der Waals surface area contributed by atoms with Gasteiger partial charge in [-0.25, -0.2) is 0 Å². The molecule has 9 N–H and O–H groups in total. The Morgan fingerprint density at radius 2 is 0.463 bits per heavy atom. The van der Waals surface area contributed by atoms with E-state index in [0.717, 1.165) is 48.5 Å². The maximum absolute atomic E-state index is 9.34. The molecule has 0 saturated carbocycles. The molecular formula is C27H41K2NaO23Ti. The third-order valence-electron chi connectivity index (χ3n) is 3.27. The number of para-hydroxylation sites is 2. The van der Waals surface area contributed by atoms with Crippen molar-refractivity contribution < 1.29 is 269 Å². The normalized spacial score (nSPS) is 12.0. The van der Waals surface area contributed by atoms with E-state index in [0.29, 0.717) is 0 Å². The predicted octanol–water partition coefficient (Wildman–Crippen LogP) is -21.1. The first-order valence-electron chi connectivity index (χ1n) is 13.0. The molecule has 0 bridgehead atoms. The number of hydrogen-bond donors (Lipinski definition) is 9. The minimum atomic E-state index is -1.44. The molecule has 23 nitrogen and oxygen atoms in total. The number of phenols is 2. The van der Waals surface area contributed by atoms with Crippen LogP contribution in [0.5, 0.6) is 11.5 Å². The fourth-order valence-electron chi connectivity index (χ4n) is 0.464. The monoisotopic (exact) mass is 882 g/mol. The van der Waals surface area contributed by atoms with Gasteiger partial charge in [-0.3, -0.25) is 0 Å². The van der Waals surface area contributed by atoms with E-state index >= 15 is 0 Å². The summed E-state index contributed by atoms with van der Waals surface area (Å²) in [6, 6.07) is 6.15. The number of aromatic hydroxyl groups is 2. The number of aliphatic hydroxyl groups excluding tert-OH is 7. The Kier molecular flexibility index (Phi) is 80.1. The number of carboxylic acids is 7. The number of aliphatic carboxylic acids is 7. The Morgan fingerprint density at radius 3 is 0.500 bits per heavy atom. The van der Waals surface area contributed by atoms with Crippen LogP contribution in [0.2, 0.25) is 0 Å². The van der Waals surface area contributed by atoms with Gasteiger partial charge in [-0.05, 0) is 60.6 Å². The average molecular weight is 883 g/mol. The van der Waals surface area contributed by atoms with Gasteiger partial charge < -0.3 is 115 Å². The molecule has 0 aliphatic carbocycles. The van der Waals surface area contributed by atoms with Crippen LogP contribution in [-0.2, 0) is 55.3 Å². The first-order chi connectivity index (χ1) is 22.3. The van der Waals surface area contributed by atoms with Gasteiger partial charge in [-0.1, -0.05) is 12.1 Å². The average Bonchev–Trinajstić information content (AvgIpc) is 2.96. The number of carbonyl (C=O) groups is 7. The number of hydrogen-bond acceptors (Lipinski definition) is 23. The minimum absolute atomic E-state index is 0. The predicted molar refractivity (Wildman–Crippen MR) is 147 cm³/mol. The fraction of sp³-hybridized carbons (Fsp3) is 0.519. The molecule has 7 atom stereocenters. The third-order valence-corrected chi connectivity index (χ3v) is 3.27. The van der Waals surface area contributed by atoms with Crippen LogP contribution in [0.15, 0.2) is 24.3 Å². The Morgan fingerprint density at radius 1 is 0.389 bits per heavy atom. The van der Waals surface area contributed by atoms with E-state index in [4.69, 9.17) is 46.0 Å². The van der Waals surface area contributed by atoms with E-state index in [-0.39, 0.29) is 166 Å². The van der Waals surface area contributed by atoms with E-state index in [9.17, 15) is 69.3 Å². The second-order valence-corrected chi connectivity index (χ2v) is 8.45. The molecule has 0 fully saturated rings. The van der Waals surface area contributed by atoms with Crippen LogP contribution in [-0.4, -0.2) is 130 Å². The molecular weight excluding hydrogens is 841 g/mol. The van der Waals surface area contributed by atoms with Crippen molar-refractivity contribution in [1.82, 2.24) is 0 Å². The third kappa shape index (κ3) is 88.8. The molecule has 0 aliphatic heterocycles. The van der Waals surface area contributed by atoms with E-state index in [1.54, 1.807) is 12.1 Å². The molecule has 294 valence electrons. The van der Waals surface area contributed by atoms with Gasteiger partial charge in [0.05, 0.1) is 84.5 Å². The van der Waals surface area contributed by atoms with E-state index in [1.165, 1.54) is 12.1 Å². The van der Waals surface area contributed by atoms with E-state index in [2.05, 4.69) is 0 Å². The van der Waals surface area contributed by atoms with Crippen molar-refractivity contribution in [1.29, 1.82) is 0 Å². The van der Waals surface area contributed by atoms with Gasteiger partial charge in [0.2, 0.25) is 0 Å². The first-order valence-corrected chi connectivity index (χ1v) is 13.0. The second-order valence-electron chi connectivity index (χ2n) is 8.45. The Bertz CT molecular complexity index is 906. The summed E-state index contributed by atoms with van der Waals surface area (Å²) in [5.74, 6) is -10.2. The van der Waals surface area contributed by atoms with Crippen molar-refractivity contribution in [3.63, 3.8) is 0 Å². The summed E-state index contributed by atoms with van der Waals surface area (Å²) in [7, 11) is 0. The molecule has 0 aliphatic rings. The Labute approximate surface area is 431 Å². The van der Waals surface area contributed by atoms with Gasteiger partial charge in [0.1, 0.15) is 0 Å². The van der Waals surface area contributed by atoms with Crippen LogP contribution in [0.4, 0.5) is 0 Å². The summed E-state index contributed by atoms with van der Waals surface area (Å²) in [6.07, 6.45) is -9.40. The zero-order valence-corrected chi connectivity index (χ0v) is 40.9. The zero-order valence-electron chi connectivity index (χ0n) is 31.1. The van der Waals surface area contributed by atoms with Crippen LogP contribution in [0, 0.1) is 0 Å². The molecule has 0 saturated heterocycles. The molecule has 0 radical (unpaired) electrons. The fourth-order valence-corrected chi connectivity index (χ4v) is 0.464. The van der Waals surface area contributed by atoms with E-state index < -0.39 is 84.5 Å². The number of carbonyl (C=O) groups excluding carboxylic acids is 7. The molecule has 0 amide bonds. The quantitative estimate of drug-likeness (QED) is 0.0907. The van der Waals surface area contributed by atoms with Gasteiger partial charge in [0, 0.05) is 0 Å². The largest absolute Gasteiger partial charge is 4.00 e. The van der Waals surface area contributed by atoms with Crippen molar-refractivity contribution in [2.75, 3.05) is 0 Å². The maximum Gasteiger partial charge on any atom is 4.00 e. The van der Waals surface area contributed by atoms with Gasteiger partial charge in [0.25, 0.3) is 0 Å². The van der Waals surface area contributed by atoms with Gasteiger partial charge in [-0.2, -0.15) is 0 Å². The molecule has 27 heteroatoms. The van der Waals surface area contributed by atoms with Gasteiger partial charge in [0.15, 0.2) is 11.5 Å². The molecule has 1 aromatic carbocycles. The smallest absolute Gasteiger partial charge is 0.547 e. The number of rotatable bonds is 7. The first kappa shape index (κ1) is 81.9. The molecule has 0 aromatic heterocycles. The Balaban J connectivity index is -0.0000000431. The minimum Gasteiger partial charge on any atom is -0.547 e. The van der Waals surface area contributed by atoms with Crippen LogP contribution in [0.1, 0.15) is 48.5 Å². The summed E-state index contributed by atoms with van der Waals surface area (Å²) in [4.78, 5) is 65.4. The van der Waals surface area contributed by atoms with Crippen molar-refractivity contribution in [2.24, 2.45) is 0 Å². The summed E-state index contributed by atoms with van der Waals surface area (Å²) >= 11 is 0. The molecule has 7 unspecified atom stereocenters. The zero-order chi connectivity index (χ0) is 42.1. The summed E-state index contributed by atoms with van der Waals surface area (Å²) in [6.45, 7) is 7.94. The van der Waals surface area contributed by atoms with Crippen molar-refractivity contribution in [3.8, 4) is 11.5 Å². The van der Waals surface area contributed by atoms with E-state index in [1.807, 2.05) is 0 Å². The standard InChI is InChI=1S/C6H6O2.7C3H6O3.2K.Na.Ti/c7-5-3-1-2-4-6(5)8;7*1-2(4)3(5)6;;;;/h1-4,7-8H;7*2,4H,1H3,(H,5,6);;;;/q;;;;;;;;3*+1;+4/p-7. The topological polar surface area (TPSA) is 463 Å². The van der Waals surface area contributed by atoms with Crippen LogP contribution in [0.25, 0.3) is 0 Å². The molecule has 0 spiro atoms. The number of phenolic OH excluding ortho intramolecular Hbond substituents is 2. The van der Waals surface area contributed by atoms with Crippen molar-refractivity contribution in [3.05, 3.63) is 24.3 Å². The number of benzene rings is 1. The summed E-state index contributed by atoms with van der Waals surface area (Å²) in [5.41, 5.74) is 0. The molecule has 0 heterocycles. The second kappa shape index (κ2) is 52.8. The number of carboxylic acid groups (broad SMARTS) is 7. The van der Waals surface area contributed by atoms with Gasteiger partial charge >= 0.3 is 154 Å².